The maximum Gasteiger partial charge on any atom is 0.329 e. The zero-order valence-electron chi connectivity index (χ0n) is 12.9. The van der Waals surface area contributed by atoms with E-state index in [0.29, 0.717) is 12.8 Å². The predicted molar refractivity (Wildman–Crippen MR) is 78.7 cm³/mol. The molecule has 0 heterocycles. The van der Waals surface area contributed by atoms with Crippen LogP contribution in [0, 0.1) is 0 Å². The number of carbonyl (C=O) groups excluding carboxylic acids is 1. The van der Waals surface area contributed by atoms with Crippen LogP contribution in [0.4, 0.5) is 4.79 Å². The number of carboxylic acids is 1. The smallest absolute Gasteiger partial charge is 0.329 e. The van der Waals surface area contributed by atoms with Crippen molar-refractivity contribution in [2.45, 2.75) is 76.8 Å². The van der Waals surface area contributed by atoms with Gasteiger partial charge in [0, 0.05) is 13.1 Å². The molecule has 0 saturated heterocycles. The Balaban J connectivity index is 2.70. The second-order valence-corrected chi connectivity index (χ2v) is 5.78. The van der Waals surface area contributed by atoms with Crippen LogP contribution in [-0.2, 0) is 4.79 Å². The molecule has 20 heavy (non-hydrogen) atoms. The van der Waals surface area contributed by atoms with Gasteiger partial charge in [0.2, 0.25) is 0 Å². The highest BCUT2D eigenvalue weighted by Gasteiger charge is 2.37. The minimum absolute atomic E-state index is 0.234. The van der Waals surface area contributed by atoms with Crippen molar-refractivity contribution < 1.29 is 14.7 Å². The van der Waals surface area contributed by atoms with E-state index in [4.69, 9.17) is 0 Å². The van der Waals surface area contributed by atoms with Gasteiger partial charge in [-0.15, -0.1) is 0 Å². The van der Waals surface area contributed by atoms with E-state index in [-0.39, 0.29) is 12.1 Å². The summed E-state index contributed by atoms with van der Waals surface area (Å²) in [4.78, 5) is 25.5. The lowest BCUT2D eigenvalue weighted by Crippen LogP contribution is -2.58. The van der Waals surface area contributed by atoms with Gasteiger partial charge in [0.1, 0.15) is 5.54 Å². The molecule has 116 valence electrons. The summed E-state index contributed by atoms with van der Waals surface area (Å²) >= 11 is 0. The fraction of sp³-hybridized carbons (Fsp3) is 0.867. The Bertz CT molecular complexity index is 332. The molecule has 1 rings (SSSR count). The number of carboxylic acid groups (broad SMARTS) is 1. The van der Waals surface area contributed by atoms with Gasteiger partial charge >= 0.3 is 12.0 Å². The molecule has 0 aliphatic heterocycles. The predicted octanol–water partition coefficient (Wildman–Crippen LogP) is 2.99. The fourth-order valence-electron chi connectivity index (χ4n) is 2.89. The zero-order valence-corrected chi connectivity index (χ0v) is 12.9. The molecule has 0 atom stereocenters. The molecule has 1 saturated carbocycles. The molecule has 0 unspecified atom stereocenters. The minimum Gasteiger partial charge on any atom is -0.480 e. The molecule has 1 aliphatic rings. The molecule has 1 fully saturated rings. The number of hydrogen-bond donors (Lipinski definition) is 2. The quantitative estimate of drug-likeness (QED) is 0.762. The van der Waals surface area contributed by atoms with E-state index in [9.17, 15) is 14.7 Å². The van der Waals surface area contributed by atoms with Crippen LogP contribution >= 0.6 is 0 Å². The molecule has 2 amide bonds. The first-order chi connectivity index (χ1) is 9.46. The summed E-state index contributed by atoms with van der Waals surface area (Å²) in [7, 11) is 1.78. The molecule has 2 N–H and O–H groups in total. The summed E-state index contributed by atoms with van der Waals surface area (Å²) in [6.07, 6.45) is 7.57. The van der Waals surface area contributed by atoms with Gasteiger partial charge in [0.05, 0.1) is 0 Å². The molecule has 0 bridgehead atoms. The van der Waals surface area contributed by atoms with Gasteiger partial charge in [-0.3, -0.25) is 0 Å². The van der Waals surface area contributed by atoms with Gasteiger partial charge in [0.15, 0.2) is 0 Å². The monoisotopic (exact) mass is 284 g/mol. The van der Waals surface area contributed by atoms with Crippen LogP contribution in [0.5, 0.6) is 0 Å². The van der Waals surface area contributed by atoms with Crippen LogP contribution in [0.15, 0.2) is 0 Å². The third-order valence-corrected chi connectivity index (χ3v) is 4.66. The van der Waals surface area contributed by atoms with Crippen molar-refractivity contribution in [2.75, 3.05) is 7.05 Å². The van der Waals surface area contributed by atoms with E-state index in [1.165, 1.54) is 12.8 Å². The van der Waals surface area contributed by atoms with Crippen LogP contribution in [0.25, 0.3) is 0 Å². The third-order valence-electron chi connectivity index (χ3n) is 4.66. The van der Waals surface area contributed by atoms with E-state index in [0.717, 1.165) is 25.7 Å². The first-order valence-corrected chi connectivity index (χ1v) is 7.75. The summed E-state index contributed by atoms with van der Waals surface area (Å²) < 4.78 is 0. The summed E-state index contributed by atoms with van der Waals surface area (Å²) in [5, 5.41) is 12.1. The number of rotatable bonds is 5. The number of aliphatic carboxylic acids is 1. The molecule has 5 nitrogen and oxygen atoms in total. The molecular weight excluding hydrogens is 256 g/mol. The van der Waals surface area contributed by atoms with Crippen molar-refractivity contribution in [3.63, 3.8) is 0 Å². The second kappa shape index (κ2) is 7.50. The maximum absolute atomic E-state index is 12.3. The molecule has 0 aromatic rings. The Morgan fingerprint density at radius 3 is 2.05 bits per heavy atom. The van der Waals surface area contributed by atoms with Crippen molar-refractivity contribution in [3.05, 3.63) is 0 Å². The van der Waals surface area contributed by atoms with Crippen LogP contribution in [0.1, 0.15) is 65.2 Å². The van der Waals surface area contributed by atoms with Crippen LogP contribution in [0.2, 0.25) is 0 Å². The minimum atomic E-state index is -1.14. The molecule has 1 aliphatic carbocycles. The first-order valence-electron chi connectivity index (χ1n) is 7.75. The largest absolute Gasteiger partial charge is 0.480 e. The Morgan fingerprint density at radius 2 is 1.65 bits per heavy atom. The second-order valence-electron chi connectivity index (χ2n) is 5.78. The zero-order chi connectivity index (χ0) is 15.2. The van der Waals surface area contributed by atoms with E-state index in [1.54, 1.807) is 25.8 Å². The molecule has 0 spiro atoms. The van der Waals surface area contributed by atoms with Crippen molar-refractivity contribution in [1.29, 1.82) is 0 Å². The first kappa shape index (κ1) is 16.8. The van der Waals surface area contributed by atoms with Crippen LogP contribution in [-0.4, -0.2) is 40.6 Å². The molecule has 0 aromatic carbocycles. The molecule has 0 radical (unpaired) electrons. The van der Waals surface area contributed by atoms with Crippen molar-refractivity contribution in [1.82, 2.24) is 10.2 Å². The topological polar surface area (TPSA) is 69.6 Å². The highest BCUT2D eigenvalue weighted by Crippen LogP contribution is 2.22. The van der Waals surface area contributed by atoms with Crippen LogP contribution < -0.4 is 5.32 Å². The van der Waals surface area contributed by atoms with Gasteiger partial charge in [-0.25, -0.2) is 9.59 Å². The normalized spacial score (nSPS) is 17.4. The number of hydrogen-bond acceptors (Lipinski definition) is 2. The lowest BCUT2D eigenvalue weighted by atomic mass is 9.93. The number of amides is 2. The summed E-state index contributed by atoms with van der Waals surface area (Å²) in [5.74, 6) is -0.954. The molecule has 5 heteroatoms. The van der Waals surface area contributed by atoms with Gasteiger partial charge in [0.25, 0.3) is 0 Å². The summed E-state index contributed by atoms with van der Waals surface area (Å²) in [6, 6.07) is -0.0271. The fourth-order valence-corrected chi connectivity index (χ4v) is 2.89. The number of nitrogens with one attached hydrogen (secondary N) is 1. The average Bonchev–Trinajstić information content (AvgIpc) is 2.72. The summed E-state index contributed by atoms with van der Waals surface area (Å²) in [6.45, 7) is 3.59. The molecular formula is C15H28N2O3. The third kappa shape index (κ3) is 3.87. The lowest BCUT2D eigenvalue weighted by Gasteiger charge is -2.33. The van der Waals surface area contributed by atoms with Gasteiger partial charge < -0.3 is 15.3 Å². The van der Waals surface area contributed by atoms with E-state index in [2.05, 4.69) is 5.32 Å². The van der Waals surface area contributed by atoms with Gasteiger partial charge in [-0.05, 0) is 25.7 Å². The standard InChI is InChI=1S/C15H28N2O3/c1-4-15(5-2,13(18)19)16-14(20)17(3)12-10-8-6-7-9-11-12/h12H,4-11H2,1-3H3,(H,16,20)(H,18,19). The number of urea groups is 1. The van der Waals surface area contributed by atoms with Crippen molar-refractivity contribution in [3.8, 4) is 0 Å². The molecule has 0 aromatic heterocycles. The Morgan fingerprint density at radius 1 is 1.15 bits per heavy atom. The van der Waals surface area contributed by atoms with Crippen molar-refractivity contribution in [2.24, 2.45) is 0 Å². The van der Waals surface area contributed by atoms with E-state index >= 15 is 0 Å². The lowest BCUT2D eigenvalue weighted by molar-refractivity contribution is -0.144. The Kier molecular flexibility index (Phi) is 6.30. The highest BCUT2D eigenvalue weighted by molar-refractivity contribution is 5.86. The van der Waals surface area contributed by atoms with E-state index in [1.807, 2.05) is 0 Å². The number of nitrogens with zero attached hydrogens (tertiary/aromatic N) is 1. The van der Waals surface area contributed by atoms with Crippen molar-refractivity contribution >= 4 is 12.0 Å². The maximum atomic E-state index is 12.3. The Hall–Kier alpha value is -1.26. The van der Waals surface area contributed by atoms with Gasteiger partial charge in [-0.1, -0.05) is 39.5 Å². The highest BCUT2D eigenvalue weighted by atomic mass is 16.4. The SMILES string of the molecule is CCC(CC)(NC(=O)N(C)C1CCCCCC1)C(=O)O. The van der Waals surface area contributed by atoms with Crippen LogP contribution in [0.3, 0.4) is 0 Å². The Labute approximate surface area is 121 Å². The average molecular weight is 284 g/mol. The van der Waals surface area contributed by atoms with Gasteiger partial charge in [-0.2, -0.15) is 0 Å². The van der Waals surface area contributed by atoms with E-state index < -0.39 is 11.5 Å². The number of carbonyl (C=O) groups is 2. The summed E-state index contributed by atoms with van der Waals surface area (Å²) in [5.41, 5.74) is -1.14.